The molecule has 2 rings (SSSR count). The average Bonchev–Trinajstić information content (AvgIpc) is 2.66. The summed E-state index contributed by atoms with van der Waals surface area (Å²) >= 11 is 6.03. The van der Waals surface area contributed by atoms with Crippen LogP contribution < -0.4 is 4.74 Å². The Morgan fingerprint density at radius 2 is 1.77 bits per heavy atom. The predicted molar refractivity (Wildman–Crippen MR) is 104 cm³/mol. The fraction of sp³-hybridized carbons (Fsp3) is 0.333. The van der Waals surface area contributed by atoms with Crippen LogP contribution in [0.5, 0.6) is 5.75 Å². The number of aryl methyl sites for hydroxylation is 1. The number of amides is 1. The zero-order valence-electron chi connectivity index (χ0n) is 15.4. The topological polar surface area (TPSA) is 46.6 Å². The Hall–Kier alpha value is -2.33. The highest BCUT2D eigenvalue weighted by molar-refractivity contribution is 6.30. The van der Waals surface area contributed by atoms with Crippen LogP contribution in [0.15, 0.2) is 42.5 Å². The second-order valence-corrected chi connectivity index (χ2v) is 6.62. The lowest BCUT2D eigenvalue weighted by Crippen LogP contribution is -2.26. The second kappa shape index (κ2) is 9.39. The van der Waals surface area contributed by atoms with Crippen LogP contribution in [0.1, 0.15) is 41.3 Å². The van der Waals surface area contributed by atoms with Crippen LogP contribution >= 0.6 is 11.6 Å². The zero-order chi connectivity index (χ0) is 19.1. The number of nitrogens with zero attached hydrogens (tertiary/aromatic N) is 1. The molecule has 0 aliphatic carbocycles. The van der Waals surface area contributed by atoms with Gasteiger partial charge in [0.05, 0.1) is 7.11 Å². The van der Waals surface area contributed by atoms with E-state index < -0.39 is 0 Å². The molecule has 0 N–H and O–H groups in total. The maximum atomic E-state index is 12.4. The molecule has 26 heavy (non-hydrogen) atoms. The van der Waals surface area contributed by atoms with Gasteiger partial charge in [-0.15, -0.1) is 0 Å². The molecule has 0 radical (unpaired) electrons. The van der Waals surface area contributed by atoms with Crippen molar-refractivity contribution in [3.05, 3.63) is 64.2 Å². The van der Waals surface area contributed by atoms with Crippen LogP contribution in [0, 0.1) is 0 Å². The van der Waals surface area contributed by atoms with Crippen molar-refractivity contribution in [2.24, 2.45) is 0 Å². The van der Waals surface area contributed by atoms with Crippen molar-refractivity contribution in [1.29, 1.82) is 0 Å². The molecule has 0 fully saturated rings. The number of rotatable bonds is 8. The summed E-state index contributed by atoms with van der Waals surface area (Å²) in [6.07, 6.45) is 1.31. The van der Waals surface area contributed by atoms with Crippen molar-refractivity contribution in [3.8, 4) is 5.75 Å². The van der Waals surface area contributed by atoms with Gasteiger partial charge >= 0.3 is 0 Å². The third kappa shape index (κ3) is 5.33. The quantitative estimate of drug-likeness (QED) is 0.638. The highest BCUT2D eigenvalue weighted by Crippen LogP contribution is 2.24. The number of carbonyl (C=O) groups is 2. The predicted octanol–water partition coefficient (Wildman–Crippen LogP) is 4.53. The van der Waals surface area contributed by atoms with E-state index >= 15 is 0 Å². The second-order valence-electron chi connectivity index (χ2n) is 6.18. The molecular weight excluding hydrogens is 350 g/mol. The van der Waals surface area contributed by atoms with Gasteiger partial charge in [-0.1, -0.05) is 42.8 Å². The molecule has 4 nitrogen and oxygen atoms in total. The Morgan fingerprint density at radius 3 is 2.38 bits per heavy atom. The number of carbonyl (C=O) groups excluding carboxylic acids is 2. The van der Waals surface area contributed by atoms with E-state index in [0.717, 1.165) is 12.0 Å². The highest BCUT2D eigenvalue weighted by Gasteiger charge is 2.15. The van der Waals surface area contributed by atoms with Gasteiger partial charge in [0.2, 0.25) is 5.91 Å². The van der Waals surface area contributed by atoms with Gasteiger partial charge in [0.1, 0.15) is 5.75 Å². The average molecular weight is 374 g/mol. The maximum Gasteiger partial charge on any atom is 0.223 e. The SMILES string of the molecule is CCc1ccc(C(=O)CCC(=O)N(C)Cc2cc(Cl)ccc2OC)cc1. The minimum atomic E-state index is -0.0921. The summed E-state index contributed by atoms with van der Waals surface area (Å²) in [6.45, 7) is 2.45. The first-order valence-corrected chi connectivity index (χ1v) is 9.01. The van der Waals surface area contributed by atoms with Gasteiger partial charge in [0.15, 0.2) is 5.78 Å². The van der Waals surface area contributed by atoms with Crippen LogP contribution in [-0.2, 0) is 17.8 Å². The molecule has 0 saturated carbocycles. The van der Waals surface area contributed by atoms with Crippen LogP contribution in [0.25, 0.3) is 0 Å². The fourth-order valence-corrected chi connectivity index (χ4v) is 2.89. The molecule has 0 aromatic heterocycles. The molecular formula is C21H24ClNO3. The van der Waals surface area contributed by atoms with Gasteiger partial charge in [-0.05, 0) is 30.2 Å². The molecule has 0 heterocycles. The minimum Gasteiger partial charge on any atom is -0.496 e. The first-order valence-electron chi connectivity index (χ1n) is 8.63. The molecule has 0 aliphatic rings. The van der Waals surface area contributed by atoms with Crippen molar-refractivity contribution in [2.75, 3.05) is 14.2 Å². The monoisotopic (exact) mass is 373 g/mol. The first kappa shape index (κ1) is 20.0. The molecule has 0 saturated heterocycles. The molecule has 0 aliphatic heterocycles. The number of hydrogen-bond donors (Lipinski definition) is 0. The van der Waals surface area contributed by atoms with Crippen LogP contribution in [-0.4, -0.2) is 30.7 Å². The number of ketones is 1. The van der Waals surface area contributed by atoms with E-state index in [-0.39, 0.29) is 24.5 Å². The van der Waals surface area contributed by atoms with E-state index in [4.69, 9.17) is 16.3 Å². The highest BCUT2D eigenvalue weighted by atomic mass is 35.5. The summed E-state index contributed by atoms with van der Waals surface area (Å²) in [4.78, 5) is 26.2. The van der Waals surface area contributed by atoms with Gasteiger partial charge in [0.25, 0.3) is 0 Å². The van der Waals surface area contributed by atoms with Gasteiger partial charge in [0, 0.05) is 42.6 Å². The van der Waals surface area contributed by atoms with E-state index in [0.29, 0.717) is 22.9 Å². The Labute approximate surface area is 159 Å². The van der Waals surface area contributed by atoms with E-state index in [9.17, 15) is 9.59 Å². The van der Waals surface area contributed by atoms with Crippen molar-refractivity contribution in [2.45, 2.75) is 32.7 Å². The molecule has 0 spiro atoms. The Bertz CT molecular complexity index is 771. The Balaban J connectivity index is 1.92. The number of methoxy groups -OCH3 is 1. The molecule has 0 bridgehead atoms. The van der Waals surface area contributed by atoms with Gasteiger partial charge in [-0.2, -0.15) is 0 Å². The van der Waals surface area contributed by atoms with Gasteiger partial charge in [-0.25, -0.2) is 0 Å². The van der Waals surface area contributed by atoms with Gasteiger partial charge in [-0.3, -0.25) is 9.59 Å². The summed E-state index contributed by atoms with van der Waals surface area (Å²) in [5.74, 6) is 0.571. The summed E-state index contributed by atoms with van der Waals surface area (Å²) in [7, 11) is 3.29. The van der Waals surface area contributed by atoms with E-state index in [1.807, 2.05) is 24.3 Å². The Morgan fingerprint density at radius 1 is 1.08 bits per heavy atom. The molecule has 138 valence electrons. The maximum absolute atomic E-state index is 12.4. The zero-order valence-corrected chi connectivity index (χ0v) is 16.2. The number of hydrogen-bond acceptors (Lipinski definition) is 3. The van der Waals surface area contributed by atoms with Crippen LogP contribution in [0.3, 0.4) is 0 Å². The third-order valence-electron chi connectivity index (χ3n) is 4.33. The molecule has 1 amide bonds. The number of Topliss-reactive ketones (excluding diaryl/α,β-unsaturated/α-hetero) is 1. The van der Waals surface area contributed by atoms with E-state index in [1.165, 1.54) is 5.56 Å². The van der Waals surface area contributed by atoms with Gasteiger partial charge < -0.3 is 9.64 Å². The summed E-state index contributed by atoms with van der Waals surface area (Å²) in [5.41, 5.74) is 2.67. The smallest absolute Gasteiger partial charge is 0.223 e. The normalized spacial score (nSPS) is 10.5. The first-order chi connectivity index (χ1) is 12.4. The van der Waals surface area contributed by atoms with Crippen molar-refractivity contribution < 1.29 is 14.3 Å². The summed E-state index contributed by atoms with van der Waals surface area (Å²) in [6, 6.07) is 12.9. The van der Waals surface area contributed by atoms with Crippen molar-refractivity contribution in [3.63, 3.8) is 0 Å². The lowest BCUT2D eigenvalue weighted by atomic mass is 10.0. The molecule has 2 aromatic carbocycles. The third-order valence-corrected chi connectivity index (χ3v) is 4.56. The number of ether oxygens (including phenoxy) is 1. The number of halogens is 1. The lowest BCUT2D eigenvalue weighted by Gasteiger charge is -2.19. The summed E-state index contributed by atoms with van der Waals surface area (Å²) in [5, 5.41) is 0.590. The van der Waals surface area contributed by atoms with E-state index in [2.05, 4.69) is 6.92 Å². The summed E-state index contributed by atoms with van der Waals surface area (Å²) < 4.78 is 5.31. The fourth-order valence-electron chi connectivity index (χ4n) is 2.70. The molecule has 2 aromatic rings. The van der Waals surface area contributed by atoms with Crippen LogP contribution in [0.4, 0.5) is 0 Å². The minimum absolute atomic E-state index is 0.0188. The number of benzene rings is 2. The Kier molecular flexibility index (Phi) is 7.22. The van der Waals surface area contributed by atoms with Crippen molar-refractivity contribution >= 4 is 23.3 Å². The van der Waals surface area contributed by atoms with E-state index in [1.54, 1.807) is 37.3 Å². The van der Waals surface area contributed by atoms with Crippen LogP contribution in [0.2, 0.25) is 5.02 Å². The molecule has 0 atom stereocenters. The molecule has 0 unspecified atom stereocenters. The lowest BCUT2D eigenvalue weighted by molar-refractivity contribution is -0.130. The standard InChI is InChI=1S/C21H24ClNO3/c1-4-15-5-7-16(8-6-15)19(24)10-12-21(25)23(2)14-17-13-18(22)9-11-20(17)26-3/h5-9,11,13H,4,10,12,14H2,1-3H3. The largest absolute Gasteiger partial charge is 0.496 e. The van der Waals surface area contributed by atoms with Crippen molar-refractivity contribution in [1.82, 2.24) is 4.90 Å². The molecule has 5 heteroatoms.